The third kappa shape index (κ3) is 6.34. The lowest BCUT2D eigenvalue weighted by molar-refractivity contribution is 0.374. The summed E-state index contributed by atoms with van der Waals surface area (Å²) < 4.78 is 10.4. The van der Waals surface area contributed by atoms with Crippen LogP contribution < -0.4 is 15.4 Å². The van der Waals surface area contributed by atoms with E-state index >= 15 is 0 Å². The summed E-state index contributed by atoms with van der Waals surface area (Å²) in [6, 6.07) is 7.86. The van der Waals surface area contributed by atoms with Crippen LogP contribution in [0.2, 0.25) is 0 Å². The molecule has 0 saturated heterocycles. The molecular weight excluding hydrogens is 421 g/mol. The van der Waals surface area contributed by atoms with Crippen LogP contribution in [-0.4, -0.2) is 36.3 Å². The number of guanidine groups is 1. The van der Waals surface area contributed by atoms with Crippen LogP contribution in [0.4, 0.5) is 0 Å². The Morgan fingerprint density at radius 3 is 2.75 bits per heavy atom. The molecule has 0 aliphatic rings. The van der Waals surface area contributed by atoms with Gasteiger partial charge >= 0.3 is 0 Å². The zero-order valence-corrected chi connectivity index (χ0v) is 16.5. The summed E-state index contributed by atoms with van der Waals surface area (Å²) >= 11 is 0. The van der Waals surface area contributed by atoms with Gasteiger partial charge in [0.05, 0.1) is 13.7 Å². The number of rotatable bonds is 7. The first-order valence-corrected chi connectivity index (χ1v) is 7.66. The lowest BCUT2D eigenvalue weighted by Gasteiger charge is -2.11. The summed E-state index contributed by atoms with van der Waals surface area (Å²) in [5.41, 5.74) is 1.04. The number of aliphatic imine (C=N–C) groups is 1. The number of halogens is 1. The molecule has 1 heterocycles. The third-order valence-electron chi connectivity index (χ3n) is 3.15. The van der Waals surface area contributed by atoms with Gasteiger partial charge in [0, 0.05) is 25.1 Å². The van der Waals surface area contributed by atoms with Crippen molar-refractivity contribution in [2.45, 2.75) is 26.8 Å². The fourth-order valence-corrected chi connectivity index (χ4v) is 2.07. The Morgan fingerprint density at radius 2 is 2.08 bits per heavy atom. The van der Waals surface area contributed by atoms with E-state index in [0.29, 0.717) is 31.2 Å². The Balaban J connectivity index is 0.00000288. The molecule has 0 radical (unpaired) electrons. The van der Waals surface area contributed by atoms with Gasteiger partial charge in [-0.05, 0) is 19.9 Å². The van der Waals surface area contributed by atoms with Crippen LogP contribution in [0.25, 0.3) is 0 Å². The predicted octanol–water partition coefficient (Wildman–Crippen LogP) is 2.30. The number of aryl methyl sites for hydroxylation is 1. The molecule has 0 atom stereocenters. The van der Waals surface area contributed by atoms with E-state index in [0.717, 1.165) is 23.8 Å². The van der Waals surface area contributed by atoms with Gasteiger partial charge in [-0.2, -0.15) is 4.98 Å². The molecule has 0 aliphatic heterocycles. The van der Waals surface area contributed by atoms with E-state index in [2.05, 4.69) is 25.8 Å². The van der Waals surface area contributed by atoms with Gasteiger partial charge in [-0.3, -0.25) is 0 Å². The van der Waals surface area contributed by atoms with Crippen LogP contribution >= 0.6 is 24.0 Å². The second-order valence-electron chi connectivity index (χ2n) is 4.92. The maximum absolute atomic E-state index is 5.34. The zero-order valence-electron chi connectivity index (χ0n) is 14.2. The minimum Gasteiger partial charge on any atom is -0.496 e. The lowest BCUT2D eigenvalue weighted by atomic mass is 10.2. The molecule has 0 amide bonds. The van der Waals surface area contributed by atoms with Crippen LogP contribution in [-0.2, 0) is 13.0 Å². The summed E-state index contributed by atoms with van der Waals surface area (Å²) in [6.07, 6.45) is 0.653. The van der Waals surface area contributed by atoms with Crippen molar-refractivity contribution in [3.63, 3.8) is 0 Å². The van der Waals surface area contributed by atoms with Crippen LogP contribution in [0.3, 0.4) is 0 Å². The van der Waals surface area contributed by atoms with Crippen LogP contribution in [0.1, 0.15) is 24.2 Å². The number of ether oxygens (including phenoxy) is 1. The molecular formula is C16H24IN5O2. The molecule has 132 valence electrons. The van der Waals surface area contributed by atoms with Crippen LogP contribution in [0.5, 0.6) is 5.75 Å². The first kappa shape index (κ1) is 20.2. The van der Waals surface area contributed by atoms with Gasteiger partial charge in [-0.15, -0.1) is 24.0 Å². The summed E-state index contributed by atoms with van der Waals surface area (Å²) in [6.45, 7) is 5.83. The highest BCUT2D eigenvalue weighted by Crippen LogP contribution is 2.17. The predicted molar refractivity (Wildman–Crippen MR) is 104 cm³/mol. The largest absolute Gasteiger partial charge is 0.496 e. The van der Waals surface area contributed by atoms with Crippen LogP contribution in [0.15, 0.2) is 33.8 Å². The van der Waals surface area contributed by atoms with Crippen molar-refractivity contribution in [1.29, 1.82) is 0 Å². The number of benzene rings is 1. The smallest absolute Gasteiger partial charge is 0.228 e. The number of para-hydroxylation sites is 1. The Kier molecular flexibility index (Phi) is 9.13. The molecule has 0 saturated carbocycles. The highest BCUT2D eigenvalue weighted by Gasteiger charge is 2.04. The van der Waals surface area contributed by atoms with Crippen molar-refractivity contribution in [2.24, 2.45) is 4.99 Å². The van der Waals surface area contributed by atoms with E-state index in [-0.39, 0.29) is 24.0 Å². The molecule has 1 aromatic heterocycles. The summed E-state index contributed by atoms with van der Waals surface area (Å²) in [7, 11) is 1.67. The summed E-state index contributed by atoms with van der Waals surface area (Å²) in [5.74, 6) is 2.86. The molecule has 8 heteroatoms. The number of hydrogen-bond donors (Lipinski definition) is 2. The van der Waals surface area contributed by atoms with E-state index in [1.165, 1.54) is 0 Å². The molecule has 0 spiro atoms. The average molecular weight is 445 g/mol. The second-order valence-corrected chi connectivity index (χ2v) is 4.92. The van der Waals surface area contributed by atoms with Gasteiger partial charge in [0.15, 0.2) is 11.8 Å². The molecule has 0 fully saturated rings. The molecule has 7 nitrogen and oxygen atoms in total. The Bertz CT molecular complexity index is 645. The maximum Gasteiger partial charge on any atom is 0.228 e. The summed E-state index contributed by atoms with van der Waals surface area (Å²) in [5, 5.41) is 10.2. The van der Waals surface area contributed by atoms with E-state index in [4.69, 9.17) is 9.26 Å². The summed E-state index contributed by atoms with van der Waals surface area (Å²) in [4.78, 5) is 8.75. The second kappa shape index (κ2) is 10.8. The van der Waals surface area contributed by atoms with Gasteiger partial charge < -0.3 is 19.9 Å². The third-order valence-corrected chi connectivity index (χ3v) is 3.15. The standard InChI is InChI=1S/C16H23N5O2.HI/c1-4-17-16(18-10-9-15-20-12(2)21-23-15)19-11-13-7-5-6-8-14(13)22-3;/h5-8H,4,9-11H2,1-3H3,(H2,17,18,19);1H. The number of nitrogens with one attached hydrogen (secondary N) is 2. The molecule has 0 bridgehead atoms. The SMILES string of the molecule is CCNC(=NCc1ccccc1OC)NCCc1nc(C)no1.I. The number of nitrogens with zero attached hydrogens (tertiary/aromatic N) is 3. The minimum absolute atomic E-state index is 0. The zero-order chi connectivity index (χ0) is 16.5. The first-order chi connectivity index (χ1) is 11.2. The monoisotopic (exact) mass is 445 g/mol. The average Bonchev–Trinajstić information content (AvgIpc) is 2.98. The van der Waals surface area contributed by atoms with Crippen LogP contribution in [0, 0.1) is 6.92 Å². The fraction of sp³-hybridized carbons (Fsp3) is 0.438. The van der Waals surface area contributed by atoms with Gasteiger partial charge in [-0.25, -0.2) is 4.99 Å². The van der Waals surface area contributed by atoms with Crippen molar-refractivity contribution in [3.05, 3.63) is 41.5 Å². The van der Waals surface area contributed by atoms with E-state index in [9.17, 15) is 0 Å². The van der Waals surface area contributed by atoms with E-state index in [1.807, 2.05) is 31.2 Å². The van der Waals surface area contributed by atoms with Crippen molar-refractivity contribution in [2.75, 3.05) is 20.2 Å². The molecule has 2 N–H and O–H groups in total. The van der Waals surface area contributed by atoms with Gasteiger partial charge in [0.2, 0.25) is 5.89 Å². The quantitative estimate of drug-likeness (QED) is 0.387. The Hall–Kier alpha value is -1.84. The minimum atomic E-state index is 0. The van der Waals surface area contributed by atoms with Crippen molar-refractivity contribution in [3.8, 4) is 5.75 Å². The Morgan fingerprint density at radius 1 is 1.29 bits per heavy atom. The molecule has 0 unspecified atom stereocenters. The van der Waals surface area contributed by atoms with Gasteiger partial charge in [0.25, 0.3) is 0 Å². The van der Waals surface area contributed by atoms with Crippen molar-refractivity contribution in [1.82, 2.24) is 20.8 Å². The van der Waals surface area contributed by atoms with E-state index in [1.54, 1.807) is 14.0 Å². The molecule has 2 aromatic rings. The topological polar surface area (TPSA) is 84.6 Å². The molecule has 24 heavy (non-hydrogen) atoms. The van der Waals surface area contributed by atoms with Crippen molar-refractivity contribution >= 4 is 29.9 Å². The van der Waals surface area contributed by atoms with Gasteiger partial charge in [0.1, 0.15) is 5.75 Å². The molecule has 1 aromatic carbocycles. The van der Waals surface area contributed by atoms with Crippen molar-refractivity contribution < 1.29 is 9.26 Å². The first-order valence-electron chi connectivity index (χ1n) is 7.66. The van der Waals surface area contributed by atoms with E-state index < -0.39 is 0 Å². The van der Waals surface area contributed by atoms with Gasteiger partial charge in [-0.1, -0.05) is 23.4 Å². The molecule has 0 aliphatic carbocycles. The number of aromatic nitrogens is 2. The normalized spacial score (nSPS) is 10.9. The molecule has 2 rings (SSSR count). The highest BCUT2D eigenvalue weighted by atomic mass is 127. The lowest BCUT2D eigenvalue weighted by Crippen LogP contribution is -2.38. The number of hydrogen-bond acceptors (Lipinski definition) is 5. The Labute approximate surface area is 159 Å². The number of methoxy groups -OCH3 is 1. The maximum atomic E-state index is 5.34. The highest BCUT2D eigenvalue weighted by molar-refractivity contribution is 14.0. The fourth-order valence-electron chi connectivity index (χ4n) is 2.07.